The highest BCUT2D eigenvalue weighted by Gasteiger charge is 2.19. The first-order chi connectivity index (χ1) is 16.3. The van der Waals surface area contributed by atoms with Gasteiger partial charge in [0, 0.05) is 11.8 Å². The molecule has 1 unspecified atom stereocenters. The van der Waals surface area contributed by atoms with E-state index in [0.717, 1.165) is 27.9 Å². The van der Waals surface area contributed by atoms with Crippen LogP contribution in [0, 0.1) is 0 Å². The summed E-state index contributed by atoms with van der Waals surface area (Å²) in [6, 6.07) is 21.9. The molecule has 0 aromatic heterocycles. The molecule has 0 bridgehead atoms. The highest BCUT2D eigenvalue weighted by atomic mass is 16.5. The highest BCUT2D eigenvalue weighted by Crippen LogP contribution is 2.33. The van der Waals surface area contributed by atoms with Crippen molar-refractivity contribution in [2.24, 2.45) is 0 Å². The van der Waals surface area contributed by atoms with Crippen LogP contribution in [-0.2, 0) is 4.79 Å². The van der Waals surface area contributed by atoms with E-state index in [-0.39, 0.29) is 18.5 Å². The first kappa shape index (κ1) is 25.3. The third kappa shape index (κ3) is 6.17. The third-order valence-electron chi connectivity index (χ3n) is 5.94. The molecule has 3 rings (SSSR count). The molecule has 0 aliphatic heterocycles. The number of ether oxygens (including phenoxy) is 2. The number of carbonyl (C=O) groups excluding carboxylic acids is 1. The third-order valence-corrected chi connectivity index (χ3v) is 5.94. The predicted molar refractivity (Wildman–Crippen MR) is 139 cm³/mol. The standard InChI is InChI=1S/C29H36N2O3/c1-19(2)25-13-10-14-26(20(3)4)29(25)31-27(32)18-30-28(21-11-8-7-9-12-21)22-15-23(33-5)17-24(16-22)34-6/h7-17,19-20,28,30H,18H2,1-6H3,(H,31,32). The Morgan fingerprint density at radius 1 is 0.765 bits per heavy atom. The van der Waals surface area contributed by atoms with Crippen molar-refractivity contribution >= 4 is 11.6 Å². The molecule has 0 saturated carbocycles. The summed E-state index contributed by atoms with van der Waals surface area (Å²) in [6.07, 6.45) is 0. The molecule has 0 radical (unpaired) electrons. The van der Waals surface area contributed by atoms with Gasteiger partial charge < -0.3 is 14.8 Å². The molecule has 1 amide bonds. The van der Waals surface area contributed by atoms with Gasteiger partial charge >= 0.3 is 0 Å². The summed E-state index contributed by atoms with van der Waals surface area (Å²) < 4.78 is 10.9. The SMILES string of the molecule is COc1cc(OC)cc(C(NCC(=O)Nc2c(C(C)C)cccc2C(C)C)c2ccccc2)c1. The summed E-state index contributed by atoms with van der Waals surface area (Å²) in [5.74, 6) is 1.94. The second-order valence-corrected chi connectivity index (χ2v) is 9.04. The molecule has 34 heavy (non-hydrogen) atoms. The lowest BCUT2D eigenvalue weighted by molar-refractivity contribution is -0.115. The Hall–Kier alpha value is -3.31. The fourth-order valence-electron chi connectivity index (χ4n) is 4.14. The maximum atomic E-state index is 13.2. The second kappa shape index (κ2) is 11.7. The molecule has 5 heteroatoms. The summed E-state index contributed by atoms with van der Waals surface area (Å²) in [6.45, 7) is 8.75. The molecule has 0 saturated heterocycles. The van der Waals surface area contributed by atoms with Crippen LogP contribution in [0.1, 0.15) is 67.8 Å². The fourth-order valence-corrected chi connectivity index (χ4v) is 4.14. The zero-order chi connectivity index (χ0) is 24.7. The molecule has 5 nitrogen and oxygen atoms in total. The Morgan fingerprint density at radius 2 is 1.32 bits per heavy atom. The van der Waals surface area contributed by atoms with Crippen LogP contribution in [0.25, 0.3) is 0 Å². The molecule has 0 fully saturated rings. The number of rotatable bonds is 10. The Labute approximate surface area is 203 Å². The van der Waals surface area contributed by atoms with Gasteiger partial charge in [0.15, 0.2) is 0 Å². The van der Waals surface area contributed by atoms with Gasteiger partial charge in [-0.1, -0.05) is 76.2 Å². The molecule has 3 aromatic carbocycles. The molecule has 2 N–H and O–H groups in total. The van der Waals surface area contributed by atoms with E-state index in [9.17, 15) is 4.79 Å². The number of para-hydroxylation sites is 1. The molecule has 0 aliphatic carbocycles. The lowest BCUT2D eigenvalue weighted by atomic mass is 9.92. The van der Waals surface area contributed by atoms with Gasteiger partial charge in [0.25, 0.3) is 0 Å². The van der Waals surface area contributed by atoms with Crippen molar-refractivity contribution in [1.82, 2.24) is 5.32 Å². The topological polar surface area (TPSA) is 59.6 Å². The number of methoxy groups -OCH3 is 2. The van der Waals surface area contributed by atoms with Crippen LogP contribution in [0.15, 0.2) is 66.7 Å². The van der Waals surface area contributed by atoms with Crippen LogP contribution in [-0.4, -0.2) is 26.7 Å². The van der Waals surface area contributed by atoms with Crippen LogP contribution in [0.4, 0.5) is 5.69 Å². The summed E-state index contributed by atoms with van der Waals surface area (Å²) in [5.41, 5.74) is 5.24. The number of hydrogen-bond acceptors (Lipinski definition) is 4. The number of anilines is 1. The van der Waals surface area contributed by atoms with Crippen LogP contribution < -0.4 is 20.1 Å². The van der Waals surface area contributed by atoms with Crippen LogP contribution in [0.5, 0.6) is 11.5 Å². The normalized spacial score (nSPS) is 12.0. The zero-order valence-electron chi connectivity index (χ0n) is 21.0. The summed E-state index contributed by atoms with van der Waals surface area (Å²) in [4.78, 5) is 13.2. The van der Waals surface area contributed by atoms with Gasteiger partial charge in [-0.3, -0.25) is 10.1 Å². The van der Waals surface area contributed by atoms with Gasteiger partial charge in [0.1, 0.15) is 11.5 Å². The number of carbonyl (C=O) groups is 1. The van der Waals surface area contributed by atoms with Gasteiger partial charge in [-0.2, -0.15) is 0 Å². The molecular weight excluding hydrogens is 424 g/mol. The minimum atomic E-state index is -0.208. The van der Waals surface area contributed by atoms with E-state index in [1.54, 1.807) is 14.2 Å². The largest absolute Gasteiger partial charge is 0.497 e. The molecular formula is C29H36N2O3. The number of amides is 1. The molecule has 180 valence electrons. The predicted octanol–water partition coefficient (Wildman–Crippen LogP) is 6.27. The van der Waals surface area contributed by atoms with Crippen molar-refractivity contribution < 1.29 is 14.3 Å². The van der Waals surface area contributed by atoms with Gasteiger partial charge in [-0.15, -0.1) is 0 Å². The first-order valence-corrected chi connectivity index (χ1v) is 11.8. The average Bonchev–Trinajstić information content (AvgIpc) is 2.84. The Morgan fingerprint density at radius 3 is 1.82 bits per heavy atom. The van der Waals surface area contributed by atoms with Gasteiger partial charge in [-0.05, 0) is 46.2 Å². The van der Waals surface area contributed by atoms with Gasteiger partial charge in [0.05, 0.1) is 26.8 Å². The Bertz CT molecular complexity index is 1050. The average molecular weight is 461 g/mol. The van der Waals surface area contributed by atoms with E-state index in [4.69, 9.17) is 9.47 Å². The van der Waals surface area contributed by atoms with Crippen molar-refractivity contribution in [3.63, 3.8) is 0 Å². The Kier molecular flexibility index (Phi) is 8.72. The van der Waals surface area contributed by atoms with E-state index >= 15 is 0 Å². The number of hydrogen-bond donors (Lipinski definition) is 2. The molecule has 1 atom stereocenters. The fraction of sp³-hybridized carbons (Fsp3) is 0.345. The molecule has 0 aliphatic rings. The van der Waals surface area contributed by atoms with E-state index in [2.05, 4.69) is 56.5 Å². The second-order valence-electron chi connectivity index (χ2n) is 9.04. The van der Waals surface area contributed by atoms with E-state index < -0.39 is 0 Å². The zero-order valence-corrected chi connectivity index (χ0v) is 21.0. The number of benzene rings is 3. The maximum Gasteiger partial charge on any atom is 0.238 e. The lowest BCUT2D eigenvalue weighted by Crippen LogP contribution is -2.32. The first-order valence-electron chi connectivity index (χ1n) is 11.8. The number of nitrogens with one attached hydrogen (secondary N) is 2. The van der Waals surface area contributed by atoms with E-state index in [1.807, 2.05) is 48.5 Å². The quantitative estimate of drug-likeness (QED) is 0.374. The minimum Gasteiger partial charge on any atom is -0.497 e. The van der Waals surface area contributed by atoms with Gasteiger partial charge in [0.2, 0.25) is 5.91 Å². The summed E-state index contributed by atoms with van der Waals surface area (Å²) in [5, 5.41) is 6.64. The monoisotopic (exact) mass is 460 g/mol. The maximum absolute atomic E-state index is 13.2. The van der Waals surface area contributed by atoms with Gasteiger partial charge in [-0.25, -0.2) is 0 Å². The van der Waals surface area contributed by atoms with Crippen molar-refractivity contribution in [1.29, 1.82) is 0 Å². The molecule has 0 heterocycles. The van der Waals surface area contributed by atoms with Crippen LogP contribution in [0.2, 0.25) is 0 Å². The van der Waals surface area contributed by atoms with Crippen molar-refractivity contribution in [2.75, 3.05) is 26.1 Å². The molecule has 3 aromatic rings. The highest BCUT2D eigenvalue weighted by molar-refractivity contribution is 5.94. The summed E-state index contributed by atoms with van der Waals surface area (Å²) >= 11 is 0. The van der Waals surface area contributed by atoms with E-state index in [1.165, 1.54) is 0 Å². The van der Waals surface area contributed by atoms with Crippen LogP contribution in [0.3, 0.4) is 0 Å². The van der Waals surface area contributed by atoms with Crippen molar-refractivity contribution in [2.45, 2.75) is 45.6 Å². The van der Waals surface area contributed by atoms with Crippen molar-refractivity contribution in [3.8, 4) is 11.5 Å². The molecule has 0 spiro atoms. The Balaban J connectivity index is 1.87. The lowest BCUT2D eigenvalue weighted by Gasteiger charge is -2.23. The minimum absolute atomic E-state index is 0.0780. The smallest absolute Gasteiger partial charge is 0.238 e. The van der Waals surface area contributed by atoms with Crippen molar-refractivity contribution in [3.05, 3.63) is 89.0 Å². The summed E-state index contributed by atoms with van der Waals surface area (Å²) in [7, 11) is 3.27. The van der Waals surface area contributed by atoms with Crippen LogP contribution >= 0.6 is 0 Å². The van der Waals surface area contributed by atoms with E-state index in [0.29, 0.717) is 23.3 Å².